The number of nitrogens with zero attached hydrogens (tertiary/aromatic N) is 3. The van der Waals surface area contributed by atoms with Crippen LogP contribution >= 0.6 is 0 Å². The van der Waals surface area contributed by atoms with Crippen LogP contribution in [0.5, 0.6) is 5.75 Å². The Balaban J connectivity index is 1.50. The number of methoxy groups -OCH3 is 1. The van der Waals surface area contributed by atoms with Crippen LogP contribution in [0.2, 0.25) is 0 Å². The third kappa shape index (κ3) is 3.74. The van der Waals surface area contributed by atoms with Crippen molar-refractivity contribution >= 4 is 11.6 Å². The lowest BCUT2D eigenvalue weighted by molar-refractivity contribution is -0.145. The number of oxime groups is 1. The molecule has 1 amide bonds. The van der Waals surface area contributed by atoms with Crippen LogP contribution in [0.4, 0.5) is 0 Å². The molecule has 1 aromatic heterocycles. The van der Waals surface area contributed by atoms with Gasteiger partial charge in [-0.05, 0) is 31.9 Å². The van der Waals surface area contributed by atoms with Crippen LogP contribution in [0.1, 0.15) is 55.2 Å². The van der Waals surface area contributed by atoms with Gasteiger partial charge in [-0.25, -0.2) is 0 Å². The second-order valence-electron chi connectivity index (χ2n) is 7.34. The summed E-state index contributed by atoms with van der Waals surface area (Å²) in [6.45, 7) is 2.59. The summed E-state index contributed by atoms with van der Waals surface area (Å²) in [5, 5.41) is 8.18. The summed E-state index contributed by atoms with van der Waals surface area (Å²) in [5.41, 5.74) is 2.50. The predicted molar refractivity (Wildman–Crippen MR) is 103 cm³/mol. The number of amides is 1. The number of hydrogen-bond donors (Lipinski definition) is 0. The van der Waals surface area contributed by atoms with Gasteiger partial charge in [0.1, 0.15) is 5.75 Å². The Morgan fingerprint density at radius 3 is 2.93 bits per heavy atom. The monoisotopic (exact) mass is 383 g/mol. The zero-order valence-corrected chi connectivity index (χ0v) is 16.3. The summed E-state index contributed by atoms with van der Waals surface area (Å²) in [7, 11) is 1.63. The molecule has 0 unspecified atom stereocenters. The first-order valence-corrected chi connectivity index (χ1v) is 9.76. The molecule has 7 heteroatoms. The second-order valence-corrected chi connectivity index (χ2v) is 7.34. The lowest BCUT2D eigenvalue weighted by atomic mass is 10.0. The fraction of sp³-hybridized carbons (Fsp3) is 0.476. The second kappa shape index (κ2) is 8.04. The van der Waals surface area contributed by atoms with Gasteiger partial charge in [0.05, 0.1) is 24.6 Å². The van der Waals surface area contributed by atoms with Gasteiger partial charge in [-0.1, -0.05) is 35.3 Å². The Hall–Kier alpha value is -2.83. The maximum atomic E-state index is 13.3. The zero-order valence-electron chi connectivity index (χ0n) is 16.3. The molecule has 148 valence electrons. The third-order valence-electron chi connectivity index (χ3n) is 5.36. The first-order valence-electron chi connectivity index (χ1n) is 9.76. The van der Waals surface area contributed by atoms with Gasteiger partial charge in [0.25, 0.3) is 5.91 Å². The molecule has 2 aromatic rings. The Kier molecular flexibility index (Phi) is 5.32. The van der Waals surface area contributed by atoms with E-state index >= 15 is 0 Å². The van der Waals surface area contributed by atoms with E-state index in [1.165, 1.54) is 0 Å². The average molecular weight is 383 g/mol. The molecule has 1 aromatic carbocycles. The highest BCUT2D eigenvalue weighted by molar-refractivity contribution is 6.04. The zero-order chi connectivity index (χ0) is 19.5. The van der Waals surface area contributed by atoms with Crippen molar-refractivity contribution in [3.63, 3.8) is 0 Å². The number of aryl methyl sites for hydroxylation is 1. The van der Waals surface area contributed by atoms with Crippen molar-refractivity contribution in [3.05, 3.63) is 47.3 Å². The number of carbonyl (C=O) groups excluding carboxylic acids is 1. The van der Waals surface area contributed by atoms with Crippen LogP contribution in [0.3, 0.4) is 0 Å². The van der Waals surface area contributed by atoms with E-state index in [4.69, 9.17) is 14.1 Å². The SMILES string of the molecule is COc1cccc(C2=NO[C@H](C(=O)N3CCCCC[C@@H]3c3cc(C)no3)C2)c1. The fourth-order valence-corrected chi connectivity index (χ4v) is 3.88. The van der Waals surface area contributed by atoms with E-state index in [2.05, 4.69) is 10.3 Å². The third-order valence-corrected chi connectivity index (χ3v) is 5.36. The van der Waals surface area contributed by atoms with E-state index in [0.717, 1.165) is 54.2 Å². The minimum absolute atomic E-state index is 0.0393. The molecule has 4 rings (SSSR count). The molecule has 3 heterocycles. The number of carbonyl (C=O) groups is 1. The van der Waals surface area contributed by atoms with Gasteiger partial charge >= 0.3 is 0 Å². The lowest BCUT2D eigenvalue weighted by Gasteiger charge is -2.29. The summed E-state index contributed by atoms with van der Waals surface area (Å²) < 4.78 is 10.8. The predicted octanol–water partition coefficient (Wildman–Crippen LogP) is 3.63. The number of benzene rings is 1. The lowest BCUT2D eigenvalue weighted by Crippen LogP contribution is -2.41. The van der Waals surface area contributed by atoms with Crippen molar-refractivity contribution in [2.75, 3.05) is 13.7 Å². The van der Waals surface area contributed by atoms with Crippen molar-refractivity contribution in [1.82, 2.24) is 10.1 Å². The van der Waals surface area contributed by atoms with Crippen molar-refractivity contribution < 1.29 is 18.9 Å². The molecule has 1 saturated heterocycles. The van der Waals surface area contributed by atoms with Crippen molar-refractivity contribution in [3.8, 4) is 5.75 Å². The summed E-state index contributed by atoms with van der Waals surface area (Å²) in [4.78, 5) is 20.7. The Morgan fingerprint density at radius 2 is 2.14 bits per heavy atom. The van der Waals surface area contributed by atoms with Crippen molar-refractivity contribution in [1.29, 1.82) is 0 Å². The standard InChI is InChI=1S/C21H25N3O4/c1-14-11-19(27-22-14)18-9-4-3-5-10-24(18)21(25)20-13-17(23-28-20)15-7-6-8-16(12-15)26-2/h6-8,11-12,18,20H,3-5,9-10,13H2,1-2H3/t18-,20+/m1/s1. The quantitative estimate of drug-likeness (QED) is 0.806. The highest BCUT2D eigenvalue weighted by Crippen LogP contribution is 2.32. The van der Waals surface area contributed by atoms with Crippen LogP contribution in [0.25, 0.3) is 0 Å². The molecule has 7 nitrogen and oxygen atoms in total. The van der Waals surface area contributed by atoms with E-state index in [1.54, 1.807) is 7.11 Å². The molecular formula is C21H25N3O4. The smallest absolute Gasteiger partial charge is 0.267 e. The number of rotatable bonds is 4. The molecule has 2 aliphatic heterocycles. The highest BCUT2D eigenvalue weighted by Gasteiger charge is 2.37. The van der Waals surface area contributed by atoms with Gasteiger partial charge in [-0.2, -0.15) is 0 Å². The Morgan fingerprint density at radius 1 is 1.25 bits per heavy atom. The van der Waals surface area contributed by atoms with E-state index in [-0.39, 0.29) is 11.9 Å². The van der Waals surface area contributed by atoms with Gasteiger partial charge in [-0.3, -0.25) is 4.79 Å². The summed E-state index contributed by atoms with van der Waals surface area (Å²) in [6, 6.07) is 9.46. The molecule has 28 heavy (non-hydrogen) atoms. The van der Waals surface area contributed by atoms with Gasteiger partial charge in [0.15, 0.2) is 5.76 Å². The van der Waals surface area contributed by atoms with Crippen molar-refractivity contribution in [2.45, 2.75) is 51.2 Å². The van der Waals surface area contributed by atoms with E-state index in [1.807, 2.05) is 42.2 Å². The van der Waals surface area contributed by atoms with Crippen LogP contribution in [0.15, 0.2) is 40.0 Å². The molecule has 0 spiro atoms. The van der Waals surface area contributed by atoms with Crippen LogP contribution < -0.4 is 4.74 Å². The van der Waals surface area contributed by atoms with Gasteiger partial charge < -0.3 is 19.0 Å². The van der Waals surface area contributed by atoms with Crippen molar-refractivity contribution in [2.24, 2.45) is 5.16 Å². The maximum Gasteiger partial charge on any atom is 0.267 e. The normalized spacial score (nSPS) is 22.4. The van der Waals surface area contributed by atoms with Crippen LogP contribution in [-0.4, -0.2) is 41.4 Å². The molecule has 2 aliphatic rings. The van der Waals surface area contributed by atoms with E-state index in [0.29, 0.717) is 13.0 Å². The minimum atomic E-state index is -0.606. The Labute approximate surface area is 164 Å². The van der Waals surface area contributed by atoms with Crippen LogP contribution in [-0.2, 0) is 9.63 Å². The average Bonchev–Trinajstić information content (AvgIpc) is 3.31. The molecule has 0 aliphatic carbocycles. The maximum absolute atomic E-state index is 13.3. The molecule has 0 radical (unpaired) electrons. The number of aromatic nitrogens is 1. The first-order chi connectivity index (χ1) is 13.7. The van der Waals surface area contributed by atoms with Gasteiger partial charge in [-0.15, -0.1) is 0 Å². The van der Waals surface area contributed by atoms with E-state index in [9.17, 15) is 4.79 Å². The topological polar surface area (TPSA) is 77.2 Å². The van der Waals surface area contributed by atoms with Gasteiger partial charge in [0, 0.05) is 24.6 Å². The van der Waals surface area contributed by atoms with Gasteiger partial charge in [0.2, 0.25) is 6.10 Å². The van der Waals surface area contributed by atoms with E-state index < -0.39 is 6.10 Å². The highest BCUT2D eigenvalue weighted by atomic mass is 16.6. The summed E-state index contributed by atoms with van der Waals surface area (Å²) >= 11 is 0. The minimum Gasteiger partial charge on any atom is -0.497 e. The summed E-state index contributed by atoms with van der Waals surface area (Å²) in [5.74, 6) is 1.46. The number of ether oxygens (including phenoxy) is 1. The molecular weight excluding hydrogens is 358 g/mol. The van der Waals surface area contributed by atoms with Crippen LogP contribution in [0, 0.1) is 6.92 Å². The Bertz CT molecular complexity index is 876. The number of hydrogen-bond acceptors (Lipinski definition) is 6. The molecule has 1 fully saturated rings. The largest absolute Gasteiger partial charge is 0.497 e. The molecule has 0 bridgehead atoms. The first kappa shape index (κ1) is 18.5. The molecule has 2 atom stereocenters. The fourth-order valence-electron chi connectivity index (χ4n) is 3.88. The molecule has 0 saturated carbocycles. The molecule has 0 N–H and O–H groups in total. The number of likely N-dealkylation sites (tertiary alicyclic amines) is 1. The summed E-state index contributed by atoms with van der Waals surface area (Å²) in [6.07, 6.45) is 3.86.